The number of nitrogens with two attached hydrogens (primary N) is 1. The summed E-state index contributed by atoms with van der Waals surface area (Å²) in [6.07, 6.45) is 0. The normalized spacial score (nSPS) is 11.5. The van der Waals surface area contributed by atoms with Gasteiger partial charge in [0.15, 0.2) is 0 Å². The molecule has 0 spiro atoms. The van der Waals surface area contributed by atoms with E-state index in [1.54, 1.807) is 31.2 Å². The van der Waals surface area contributed by atoms with Gasteiger partial charge in [0.25, 0.3) is 0 Å². The number of primary amides is 1. The molecule has 126 valence electrons. The molecule has 2 rings (SSSR count). The van der Waals surface area contributed by atoms with Crippen molar-refractivity contribution in [3.05, 3.63) is 59.7 Å². The number of rotatable bonds is 4. The average molecular weight is 334 g/mol. The molecule has 6 nitrogen and oxygen atoms in total. The maximum Gasteiger partial charge on any atom is 0.319 e. The number of carbonyl (C=O) groups is 2. The second-order valence-electron chi connectivity index (χ2n) is 5.06. The van der Waals surface area contributed by atoms with Crippen molar-refractivity contribution in [2.24, 2.45) is 5.73 Å². The summed E-state index contributed by atoms with van der Waals surface area (Å²) in [5, 5.41) is 7.36. The van der Waals surface area contributed by atoms with Gasteiger partial charge in [0.05, 0.1) is 11.7 Å². The van der Waals surface area contributed by atoms with Crippen molar-refractivity contribution < 1.29 is 18.4 Å². The number of nitrogens with one attached hydrogen (secondary N) is 3. The summed E-state index contributed by atoms with van der Waals surface area (Å²) in [6.45, 7) is 1.73. The topological polar surface area (TPSA) is 96.2 Å². The Hall–Kier alpha value is -3.16. The van der Waals surface area contributed by atoms with E-state index in [0.29, 0.717) is 11.8 Å². The molecule has 1 unspecified atom stereocenters. The first-order valence-electron chi connectivity index (χ1n) is 7.04. The molecule has 2 aromatic rings. The van der Waals surface area contributed by atoms with Crippen molar-refractivity contribution in [2.75, 3.05) is 10.6 Å². The second kappa shape index (κ2) is 7.40. The van der Waals surface area contributed by atoms with Gasteiger partial charge in [0.2, 0.25) is 0 Å². The molecule has 0 aliphatic heterocycles. The van der Waals surface area contributed by atoms with Gasteiger partial charge in [-0.05, 0) is 36.8 Å². The summed E-state index contributed by atoms with van der Waals surface area (Å²) in [7, 11) is 0. The Labute approximate surface area is 137 Å². The van der Waals surface area contributed by atoms with Crippen LogP contribution in [0, 0.1) is 11.6 Å². The summed E-state index contributed by atoms with van der Waals surface area (Å²) >= 11 is 0. The van der Waals surface area contributed by atoms with Crippen LogP contribution >= 0.6 is 0 Å². The lowest BCUT2D eigenvalue weighted by molar-refractivity contribution is 0.249. The van der Waals surface area contributed by atoms with Crippen molar-refractivity contribution in [1.29, 1.82) is 0 Å². The fraction of sp³-hybridized carbons (Fsp3) is 0.125. The van der Waals surface area contributed by atoms with E-state index in [1.165, 1.54) is 0 Å². The molecule has 4 amide bonds. The average Bonchev–Trinajstić information content (AvgIpc) is 2.50. The third-order valence-corrected chi connectivity index (χ3v) is 3.21. The smallest absolute Gasteiger partial charge is 0.319 e. The van der Waals surface area contributed by atoms with Gasteiger partial charge >= 0.3 is 12.1 Å². The monoisotopic (exact) mass is 334 g/mol. The Morgan fingerprint density at radius 1 is 1.04 bits per heavy atom. The highest BCUT2D eigenvalue weighted by molar-refractivity contribution is 5.89. The third kappa shape index (κ3) is 4.67. The van der Waals surface area contributed by atoms with Gasteiger partial charge in [0, 0.05) is 11.8 Å². The minimum Gasteiger partial charge on any atom is -0.351 e. The first-order valence-corrected chi connectivity index (χ1v) is 7.04. The number of anilines is 2. The van der Waals surface area contributed by atoms with Crippen LogP contribution in [-0.2, 0) is 0 Å². The summed E-state index contributed by atoms with van der Waals surface area (Å²) in [5.74, 6) is -1.59. The standard InChI is InChI=1S/C16H16F2N4O2/c1-9(10-2-5-12(6-3-10)21-15(19)23)20-16(24)22-14-7-4-11(17)8-13(14)18/h2-9H,1H3,(H3,19,21,23)(H2,20,22,24). The van der Waals surface area contributed by atoms with Gasteiger partial charge in [-0.15, -0.1) is 0 Å². The molecule has 0 saturated heterocycles. The molecule has 0 aromatic heterocycles. The number of amides is 4. The van der Waals surface area contributed by atoms with Crippen LogP contribution in [0.3, 0.4) is 0 Å². The minimum atomic E-state index is -0.861. The van der Waals surface area contributed by atoms with Gasteiger partial charge in [-0.3, -0.25) is 0 Å². The molecule has 0 saturated carbocycles. The molecular formula is C16H16F2N4O2. The highest BCUT2D eigenvalue weighted by atomic mass is 19.1. The van der Waals surface area contributed by atoms with E-state index in [4.69, 9.17) is 5.73 Å². The zero-order chi connectivity index (χ0) is 17.7. The number of benzene rings is 2. The van der Waals surface area contributed by atoms with Crippen LogP contribution in [0.2, 0.25) is 0 Å². The molecule has 0 heterocycles. The quantitative estimate of drug-likeness (QED) is 0.690. The summed E-state index contributed by atoms with van der Waals surface area (Å²) in [4.78, 5) is 22.6. The molecule has 1 atom stereocenters. The van der Waals surface area contributed by atoms with Gasteiger partial charge < -0.3 is 21.7 Å². The molecule has 5 N–H and O–H groups in total. The third-order valence-electron chi connectivity index (χ3n) is 3.21. The largest absolute Gasteiger partial charge is 0.351 e. The predicted molar refractivity (Wildman–Crippen MR) is 86.6 cm³/mol. The zero-order valence-electron chi connectivity index (χ0n) is 12.8. The Balaban J connectivity index is 1.96. The predicted octanol–water partition coefficient (Wildman–Crippen LogP) is 3.34. The van der Waals surface area contributed by atoms with Crippen LogP contribution in [0.25, 0.3) is 0 Å². The fourth-order valence-corrected chi connectivity index (χ4v) is 2.03. The molecule has 8 heteroatoms. The van der Waals surface area contributed by atoms with Gasteiger partial charge in [-0.1, -0.05) is 12.1 Å². The molecule has 2 aromatic carbocycles. The maximum atomic E-state index is 13.5. The number of halogens is 2. The Morgan fingerprint density at radius 3 is 2.29 bits per heavy atom. The lowest BCUT2D eigenvalue weighted by Crippen LogP contribution is -2.31. The molecule has 0 radical (unpaired) electrons. The Bertz CT molecular complexity index is 750. The summed E-state index contributed by atoms with van der Waals surface area (Å²) < 4.78 is 26.3. The lowest BCUT2D eigenvalue weighted by Gasteiger charge is -2.16. The fourth-order valence-electron chi connectivity index (χ4n) is 2.03. The van der Waals surface area contributed by atoms with Gasteiger partial charge in [-0.2, -0.15) is 0 Å². The van der Waals surface area contributed by atoms with E-state index >= 15 is 0 Å². The van der Waals surface area contributed by atoms with Crippen molar-refractivity contribution in [3.63, 3.8) is 0 Å². The van der Waals surface area contributed by atoms with Crippen molar-refractivity contribution in [2.45, 2.75) is 13.0 Å². The number of carbonyl (C=O) groups excluding carboxylic acids is 2. The maximum absolute atomic E-state index is 13.5. The van der Waals surface area contributed by atoms with Crippen LogP contribution < -0.4 is 21.7 Å². The first kappa shape index (κ1) is 17.2. The van der Waals surface area contributed by atoms with Crippen molar-refractivity contribution in [1.82, 2.24) is 5.32 Å². The van der Waals surface area contributed by atoms with E-state index in [1.807, 2.05) is 0 Å². The number of hydrogen-bond donors (Lipinski definition) is 4. The molecular weight excluding hydrogens is 318 g/mol. The molecule has 0 bridgehead atoms. The van der Waals surface area contributed by atoms with Crippen LogP contribution in [-0.4, -0.2) is 12.1 Å². The summed E-state index contributed by atoms with van der Waals surface area (Å²) in [6, 6.07) is 7.86. The number of urea groups is 2. The van der Waals surface area contributed by atoms with E-state index in [2.05, 4.69) is 16.0 Å². The Kier molecular flexibility index (Phi) is 5.31. The molecule has 24 heavy (non-hydrogen) atoms. The van der Waals surface area contributed by atoms with Crippen LogP contribution in [0.4, 0.5) is 29.7 Å². The Morgan fingerprint density at radius 2 is 1.71 bits per heavy atom. The van der Waals surface area contributed by atoms with Crippen LogP contribution in [0.5, 0.6) is 0 Å². The zero-order valence-corrected chi connectivity index (χ0v) is 12.8. The van der Waals surface area contributed by atoms with E-state index in [-0.39, 0.29) is 11.7 Å². The number of hydrogen-bond acceptors (Lipinski definition) is 2. The van der Waals surface area contributed by atoms with E-state index in [0.717, 1.165) is 17.7 Å². The van der Waals surface area contributed by atoms with E-state index in [9.17, 15) is 18.4 Å². The van der Waals surface area contributed by atoms with Crippen molar-refractivity contribution >= 4 is 23.4 Å². The van der Waals surface area contributed by atoms with Crippen LogP contribution in [0.1, 0.15) is 18.5 Å². The van der Waals surface area contributed by atoms with Gasteiger partial charge in [-0.25, -0.2) is 18.4 Å². The van der Waals surface area contributed by atoms with Crippen LogP contribution in [0.15, 0.2) is 42.5 Å². The van der Waals surface area contributed by atoms with Gasteiger partial charge in [0.1, 0.15) is 11.6 Å². The molecule has 0 fully saturated rings. The minimum absolute atomic E-state index is 0.123. The molecule has 0 aliphatic rings. The first-order chi connectivity index (χ1) is 11.3. The summed E-state index contributed by atoms with van der Waals surface area (Å²) in [5.41, 5.74) is 6.18. The van der Waals surface area contributed by atoms with E-state index < -0.39 is 23.7 Å². The highest BCUT2D eigenvalue weighted by Crippen LogP contribution is 2.18. The molecule has 0 aliphatic carbocycles. The highest BCUT2D eigenvalue weighted by Gasteiger charge is 2.12. The lowest BCUT2D eigenvalue weighted by atomic mass is 10.1. The SMILES string of the molecule is CC(NC(=O)Nc1ccc(F)cc1F)c1ccc(NC(N)=O)cc1. The second-order valence-corrected chi connectivity index (χ2v) is 5.06. The van der Waals surface area contributed by atoms with Crippen molar-refractivity contribution in [3.8, 4) is 0 Å².